The third-order valence-electron chi connectivity index (χ3n) is 2.37. The Morgan fingerprint density at radius 1 is 1.44 bits per heavy atom. The number of carbonyl (C=O) groups excluding carboxylic acids is 1. The summed E-state index contributed by atoms with van der Waals surface area (Å²) in [6.45, 7) is 2.29. The highest BCUT2D eigenvalue weighted by atomic mass is 32.2. The molecule has 0 radical (unpaired) electrons. The number of nitrogens with two attached hydrogens (primary N) is 1. The van der Waals surface area contributed by atoms with Gasteiger partial charge in [0.05, 0.1) is 12.3 Å². The lowest BCUT2D eigenvalue weighted by Crippen LogP contribution is -2.03. The van der Waals surface area contributed by atoms with Gasteiger partial charge in [0.15, 0.2) is 0 Å². The Morgan fingerprint density at radius 2 is 2.28 bits per heavy atom. The van der Waals surface area contributed by atoms with Crippen LogP contribution in [0.2, 0.25) is 0 Å². The first-order chi connectivity index (χ1) is 8.74. The first-order valence-corrected chi connectivity index (χ1v) is 7.21. The first-order valence-electron chi connectivity index (χ1n) is 6.23. The molecule has 0 aliphatic heterocycles. The van der Waals surface area contributed by atoms with Gasteiger partial charge in [-0.1, -0.05) is 6.42 Å². The van der Waals surface area contributed by atoms with Gasteiger partial charge in [0.25, 0.3) is 0 Å². The van der Waals surface area contributed by atoms with Gasteiger partial charge in [-0.05, 0) is 37.7 Å². The molecule has 1 aromatic rings. The van der Waals surface area contributed by atoms with Gasteiger partial charge in [-0.2, -0.15) is 0 Å². The SMILES string of the molecule is CCOC(=O)CCCCCSc1ncccc1N. The monoisotopic (exact) mass is 268 g/mol. The predicted octanol–water partition coefficient (Wildman–Crippen LogP) is 2.88. The highest BCUT2D eigenvalue weighted by Gasteiger charge is 2.02. The van der Waals surface area contributed by atoms with Crippen molar-refractivity contribution in [2.24, 2.45) is 0 Å². The zero-order valence-electron chi connectivity index (χ0n) is 10.7. The van der Waals surface area contributed by atoms with Crippen LogP contribution in [0.15, 0.2) is 23.4 Å². The summed E-state index contributed by atoms with van der Waals surface area (Å²) >= 11 is 1.66. The van der Waals surface area contributed by atoms with Gasteiger partial charge in [-0.15, -0.1) is 11.8 Å². The van der Waals surface area contributed by atoms with E-state index in [4.69, 9.17) is 10.5 Å². The molecular weight excluding hydrogens is 248 g/mol. The molecule has 0 fully saturated rings. The summed E-state index contributed by atoms with van der Waals surface area (Å²) in [6, 6.07) is 3.69. The number of hydrogen-bond acceptors (Lipinski definition) is 5. The summed E-state index contributed by atoms with van der Waals surface area (Å²) in [6.07, 6.45) is 5.24. The van der Waals surface area contributed by atoms with E-state index < -0.39 is 0 Å². The normalized spacial score (nSPS) is 10.3. The number of hydrogen-bond donors (Lipinski definition) is 1. The maximum absolute atomic E-state index is 11.1. The summed E-state index contributed by atoms with van der Waals surface area (Å²) in [7, 11) is 0. The van der Waals surface area contributed by atoms with Gasteiger partial charge in [-0.25, -0.2) is 4.98 Å². The lowest BCUT2D eigenvalue weighted by molar-refractivity contribution is -0.143. The molecule has 100 valence electrons. The molecule has 4 nitrogen and oxygen atoms in total. The van der Waals surface area contributed by atoms with Gasteiger partial charge < -0.3 is 10.5 Å². The number of nitrogen functional groups attached to an aromatic ring is 1. The number of esters is 1. The molecule has 0 amide bonds. The second kappa shape index (κ2) is 8.80. The van der Waals surface area contributed by atoms with Gasteiger partial charge in [0, 0.05) is 12.6 Å². The molecule has 1 rings (SSSR count). The lowest BCUT2D eigenvalue weighted by atomic mass is 10.2. The topological polar surface area (TPSA) is 65.2 Å². The Bertz CT molecular complexity index is 372. The van der Waals surface area contributed by atoms with E-state index in [1.807, 2.05) is 19.1 Å². The Kier molecular flexibility index (Phi) is 7.25. The van der Waals surface area contributed by atoms with Crippen LogP contribution in [0, 0.1) is 0 Å². The molecule has 1 aromatic heterocycles. The summed E-state index contributed by atoms with van der Waals surface area (Å²) < 4.78 is 4.86. The first kappa shape index (κ1) is 14.8. The van der Waals surface area contributed by atoms with E-state index in [1.54, 1.807) is 18.0 Å². The van der Waals surface area contributed by atoms with Crippen molar-refractivity contribution in [3.05, 3.63) is 18.3 Å². The average Bonchev–Trinajstić information content (AvgIpc) is 2.36. The van der Waals surface area contributed by atoms with Gasteiger partial charge in [0.1, 0.15) is 5.03 Å². The van der Waals surface area contributed by atoms with Gasteiger partial charge in [0.2, 0.25) is 0 Å². The van der Waals surface area contributed by atoms with Crippen LogP contribution < -0.4 is 5.73 Å². The van der Waals surface area contributed by atoms with Crippen molar-refractivity contribution in [1.29, 1.82) is 0 Å². The number of unbranched alkanes of at least 4 members (excludes halogenated alkanes) is 2. The fourth-order valence-electron chi connectivity index (χ4n) is 1.47. The molecule has 0 spiro atoms. The van der Waals surface area contributed by atoms with Crippen LogP contribution in [0.25, 0.3) is 0 Å². The summed E-state index contributed by atoms with van der Waals surface area (Å²) in [4.78, 5) is 15.3. The number of nitrogens with zero attached hydrogens (tertiary/aromatic N) is 1. The van der Waals surface area contributed by atoms with E-state index in [2.05, 4.69) is 4.98 Å². The number of pyridine rings is 1. The Morgan fingerprint density at radius 3 is 3.00 bits per heavy atom. The van der Waals surface area contributed by atoms with Crippen LogP contribution in [0.3, 0.4) is 0 Å². The predicted molar refractivity (Wildman–Crippen MR) is 74.5 cm³/mol. The van der Waals surface area contributed by atoms with Crippen molar-refractivity contribution in [3.8, 4) is 0 Å². The fraction of sp³-hybridized carbons (Fsp3) is 0.538. The van der Waals surface area contributed by atoms with Gasteiger partial charge >= 0.3 is 5.97 Å². The second-order valence-corrected chi connectivity index (χ2v) is 4.95. The number of rotatable bonds is 8. The number of aromatic nitrogens is 1. The third kappa shape index (κ3) is 5.91. The molecule has 0 saturated carbocycles. The van der Waals surface area contributed by atoms with Crippen LogP contribution in [-0.4, -0.2) is 23.3 Å². The minimum atomic E-state index is -0.0980. The minimum absolute atomic E-state index is 0.0980. The van der Waals surface area contributed by atoms with Crippen LogP contribution in [-0.2, 0) is 9.53 Å². The van der Waals surface area contributed by atoms with E-state index in [-0.39, 0.29) is 5.97 Å². The highest BCUT2D eigenvalue weighted by molar-refractivity contribution is 7.99. The molecular formula is C13H20N2O2S. The molecule has 5 heteroatoms. The van der Waals surface area contributed by atoms with Crippen LogP contribution in [0.1, 0.15) is 32.6 Å². The standard InChI is InChI=1S/C13H20N2O2S/c1-2-17-12(16)8-4-3-5-10-18-13-11(14)7-6-9-15-13/h6-7,9H,2-5,8,10,14H2,1H3. The molecule has 0 aromatic carbocycles. The number of ether oxygens (including phenoxy) is 1. The smallest absolute Gasteiger partial charge is 0.305 e. The van der Waals surface area contributed by atoms with Crippen molar-refractivity contribution in [2.45, 2.75) is 37.6 Å². The molecule has 0 unspecified atom stereocenters. The van der Waals surface area contributed by atoms with Crippen molar-refractivity contribution in [2.75, 3.05) is 18.1 Å². The van der Waals surface area contributed by atoms with Crippen molar-refractivity contribution in [1.82, 2.24) is 4.98 Å². The van der Waals surface area contributed by atoms with Gasteiger partial charge in [-0.3, -0.25) is 4.79 Å². The lowest BCUT2D eigenvalue weighted by Gasteiger charge is -2.04. The summed E-state index contributed by atoms with van der Waals surface area (Å²) in [5, 5.41) is 0.892. The Labute approximate surface area is 112 Å². The van der Waals surface area contributed by atoms with Crippen molar-refractivity contribution >= 4 is 23.4 Å². The van der Waals surface area contributed by atoms with Crippen molar-refractivity contribution < 1.29 is 9.53 Å². The zero-order valence-corrected chi connectivity index (χ0v) is 11.5. The van der Waals surface area contributed by atoms with E-state index in [0.29, 0.717) is 13.0 Å². The molecule has 2 N–H and O–H groups in total. The Hall–Kier alpha value is -1.23. The number of thioether (sulfide) groups is 1. The fourth-order valence-corrected chi connectivity index (χ4v) is 2.39. The van der Waals surface area contributed by atoms with Crippen LogP contribution in [0.5, 0.6) is 0 Å². The van der Waals surface area contributed by atoms with E-state index in [0.717, 1.165) is 35.7 Å². The second-order valence-electron chi connectivity index (χ2n) is 3.86. The largest absolute Gasteiger partial charge is 0.466 e. The van der Waals surface area contributed by atoms with E-state index >= 15 is 0 Å². The Balaban J connectivity index is 2.06. The van der Waals surface area contributed by atoms with Crippen LogP contribution in [0.4, 0.5) is 5.69 Å². The quantitative estimate of drug-likeness (QED) is 0.446. The minimum Gasteiger partial charge on any atom is -0.466 e. The molecule has 18 heavy (non-hydrogen) atoms. The van der Waals surface area contributed by atoms with E-state index in [1.165, 1.54) is 0 Å². The number of carbonyl (C=O) groups is 1. The maximum atomic E-state index is 11.1. The molecule has 0 bridgehead atoms. The molecule has 0 aliphatic rings. The molecule has 0 atom stereocenters. The molecule has 1 heterocycles. The highest BCUT2D eigenvalue weighted by Crippen LogP contribution is 2.22. The zero-order chi connectivity index (χ0) is 13.2. The molecule has 0 saturated heterocycles. The average molecular weight is 268 g/mol. The third-order valence-corrected chi connectivity index (χ3v) is 3.48. The summed E-state index contributed by atoms with van der Waals surface area (Å²) in [5.74, 6) is 0.878. The van der Waals surface area contributed by atoms with Crippen LogP contribution >= 0.6 is 11.8 Å². The number of anilines is 1. The molecule has 0 aliphatic carbocycles. The van der Waals surface area contributed by atoms with Crippen molar-refractivity contribution in [3.63, 3.8) is 0 Å². The van der Waals surface area contributed by atoms with E-state index in [9.17, 15) is 4.79 Å². The summed E-state index contributed by atoms with van der Waals surface area (Å²) in [5.41, 5.74) is 6.52. The maximum Gasteiger partial charge on any atom is 0.305 e.